The van der Waals surface area contributed by atoms with Gasteiger partial charge in [-0.05, 0) is 13.8 Å². The van der Waals surface area contributed by atoms with E-state index in [1.165, 1.54) is 11.3 Å². The molecule has 0 fully saturated rings. The third-order valence-corrected chi connectivity index (χ3v) is 3.51. The number of anilines is 1. The highest BCUT2D eigenvalue weighted by Gasteiger charge is 2.29. The third-order valence-electron chi connectivity index (χ3n) is 2.00. The fourth-order valence-electron chi connectivity index (χ4n) is 1.06. The van der Waals surface area contributed by atoms with Crippen molar-refractivity contribution in [3.8, 4) is 5.88 Å². The van der Waals surface area contributed by atoms with E-state index in [0.717, 1.165) is 10.0 Å². The Bertz CT molecular complexity index is 336. The maximum atomic E-state index is 5.26. The summed E-state index contributed by atoms with van der Waals surface area (Å²) in [5.41, 5.74) is -0.586. The van der Waals surface area contributed by atoms with Gasteiger partial charge in [0.2, 0.25) is 5.88 Å². The molecule has 0 aliphatic carbocycles. The summed E-state index contributed by atoms with van der Waals surface area (Å²) in [7, 11) is 5.45. The Morgan fingerprint density at radius 1 is 1.40 bits per heavy atom. The minimum atomic E-state index is -0.586. The van der Waals surface area contributed by atoms with Gasteiger partial charge in [0.05, 0.1) is 7.11 Å². The first-order chi connectivity index (χ1) is 6.92. The summed E-state index contributed by atoms with van der Waals surface area (Å²) in [5, 5.41) is 0.868. The molecule has 0 aromatic carbocycles. The standard InChI is InChI=1S/C9H17N3O2S/c1-9(2,14-10)6-7(13-5)11-8(15-6)12(3)4/h10H2,1-5H3. The van der Waals surface area contributed by atoms with Crippen LogP contribution in [0.4, 0.5) is 5.13 Å². The normalized spacial score (nSPS) is 11.6. The predicted molar refractivity (Wildman–Crippen MR) is 61.3 cm³/mol. The molecule has 0 atom stereocenters. The molecule has 1 heterocycles. The molecule has 86 valence electrons. The highest BCUT2D eigenvalue weighted by molar-refractivity contribution is 7.16. The molecular formula is C9H17N3O2S. The number of hydrogen-bond acceptors (Lipinski definition) is 6. The number of hydrogen-bond donors (Lipinski definition) is 1. The van der Waals surface area contributed by atoms with Crippen molar-refractivity contribution in [2.75, 3.05) is 26.1 Å². The van der Waals surface area contributed by atoms with Crippen LogP contribution in [-0.2, 0) is 10.4 Å². The van der Waals surface area contributed by atoms with E-state index < -0.39 is 5.60 Å². The van der Waals surface area contributed by atoms with Gasteiger partial charge in [0, 0.05) is 14.1 Å². The van der Waals surface area contributed by atoms with Crippen molar-refractivity contribution in [3.05, 3.63) is 4.88 Å². The second-order valence-electron chi connectivity index (χ2n) is 3.86. The second kappa shape index (κ2) is 4.34. The molecule has 0 bridgehead atoms. The van der Waals surface area contributed by atoms with Crippen LogP contribution in [0.15, 0.2) is 0 Å². The Labute approximate surface area is 93.8 Å². The molecule has 0 radical (unpaired) electrons. The quantitative estimate of drug-likeness (QED) is 0.792. The molecule has 6 heteroatoms. The van der Waals surface area contributed by atoms with Crippen LogP contribution in [0.3, 0.4) is 0 Å². The molecule has 2 N–H and O–H groups in total. The minimum absolute atomic E-state index is 0.569. The van der Waals surface area contributed by atoms with Gasteiger partial charge in [-0.1, -0.05) is 11.3 Å². The molecule has 0 aliphatic rings. The van der Waals surface area contributed by atoms with E-state index in [0.29, 0.717) is 5.88 Å². The first-order valence-electron chi connectivity index (χ1n) is 4.53. The van der Waals surface area contributed by atoms with Gasteiger partial charge in [0.15, 0.2) is 5.13 Å². The van der Waals surface area contributed by atoms with Crippen molar-refractivity contribution in [2.45, 2.75) is 19.4 Å². The monoisotopic (exact) mass is 231 g/mol. The SMILES string of the molecule is COc1nc(N(C)C)sc1C(C)(C)ON. The summed E-state index contributed by atoms with van der Waals surface area (Å²) in [4.78, 5) is 12.1. The van der Waals surface area contributed by atoms with Gasteiger partial charge in [-0.15, -0.1) is 0 Å². The molecule has 0 saturated heterocycles. The van der Waals surface area contributed by atoms with Gasteiger partial charge in [-0.3, -0.25) is 4.84 Å². The molecule has 0 saturated carbocycles. The van der Waals surface area contributed by atoms with Crippen molar-refractivity contribution in [2.24, 2.45) is 5.90 Å². The number of thiazole rings is 1. The number of aromatic nitrogens is 1. The van der Waals surface area contributed by atoms with Gasteiger partial charge in [-0.25, -0.2) is 5.90 Å². The zero-order chi connectivity index (χ0) is 11.6. The summed E-state index contributed by atoms with van der Waals surface area (Å²) in [6, 6.07) is 0. The van der Waals surface area contributed by atoms with Crippen LogP contribution in [0.1, 0.15) is 18.7 Å². The Balaban J connectivity index is 3.16. The Kier molecular flexibility index (Phi) is 3.54. The number of nitrogens with zero attached hydrogens (tertiary/aromatic N) is 2. The van der Waals surface area contributed by atoms with E-state index in [9.17, 15) is 0 Å². The van der Waals surface area contributed by atoms with Crippen molar-refractivity contribution >= 4 is 16.5 Å². The average molecular weight is 231 g/mol. The minimum Gasteiger partial charge on any atom is -0.480 e. The zero-order valence-electron chi connectivity index (χ0n) is 9.70. The maximum absolute atomic E-state index is 5.26. The predicted octanol–water partition coefficient (Wildman–Crippen LogP) is 1.34. The van der Waals surface area contributed by atoms with Crippen LogP contribution >= 0.6 is 11.3 Å². The van der Waals surface area contributed by atoms with Gasteiger partial charge < -0.3 is 9.64 Å². The lowest BCUT2D eigenvalue weighted by Crippen LogP contribution is -2.24. The molecular weight excluding hydrogens is 214 g/mol. The first kappa shape index (κ1) is 12.2. The summed E-state index contributed by atoms with van der Waals surface area (Å²) < 4.78 is 5.20. The van der Waals surface area contributed by atoms with E-state index in [1.807, 2.05) is 32.8 Å². The molecule has 15 heavy (non-hydrogen) atoms. The van der Waals surface area contributed by atoms with E-state index in [2.05, 4.69) is 4.98 Å². The molecule has 1 aromatic rings. The topological polar surface area (TPSA) is 60.6 Å². The Hall–Kier alpha value is -0.850. The first-order valence-corrected chi connectivity index (χ1v) is 5.34. The van der Waals surface area contributed by atoms with Crippen LogP contribution < -0.4 is 15.5 Å². The Morgan fingerprint density at radius 3 is 2.40 bits per heavy atom. The van der Waals surface area contributed by atoms with Crippen LogP contribution in [0, 0.1) is 0 Å². The smallest absolute Gasteiger partial charge is 0.232 e. The molecule has 5 nitrogen and oxygen atoms in total. The molecule has 0 amide bonds. The lowest BCUT2D eigenvalue weighted by molar-refractivity contribution is -0.0224. The fourth-order valence-corrected chi connectivity index (χ4v) is 2.06. The van der Waals surface area contributed by atoms with Crippen LogP contribution in [0.2, 0.25) is 0 Å². The molecule has 0 unspecified atom stereocenters. The zero-order valence-corrected chi connectivity index (χ0v) is 10.5. The molecule has 1 aromatic heterocycles. The van der Waals surface area contributed by atoms with Gasteiger partial charge in [0.25, 0.3) is 0 Å². The van der Waals surface area contributed by atoms with E-state index in [-0.39, 0.29) is 0 Å². The number of ether oxygens (including phenoxy) is 1. The third kappa shape index (κ3) is 2.39. The molecule has 0 aliphatic heterocycles. The summed E-state index contributed by atoms with van der Waals surface area (Å²) in [6.45, 7) is 3.75. The Morgan fingerprint density at radius 2 is 2.00 bits per heavy atom. The molecule has 0 spiro atoms. The van der Waals surface area contributed by atoms with Crippen molar-refractivity contribution in [1.82, 2.24) is 4.98 Å². The number of rotatable bonds is 4. The molecule has 1 rings (SSSR count). The highest BCUT2D eigenvalue weighted by atomic mass is 32.1. The average Bonchev–Trinajstić information content (AvgIpc) is 2.62. The number of nitrogens with two attached hydrogens (primary N) is 1. The van der Waals surface area contributed by atoms with Crippen LogP contribution in [-0.4, -0.2) is 26.2 Å². The van der Waals surface area contributed by atoms with E-state index >= 15 is 0 Å². The van der Waals surface area contributed by atoms with Crippen molar-refractivity contribution in [3.63, 3.8) is 0 Å². The lowest BCUT2D eigenvalue weighted by Gasteiger charge is -2.20. The fraction of sp³-hybridized carbons (Fsp3) is 0.667. The van der Waals surface area contributed by atoms with E-state index in [1.54, 1.807) is 7.11 Å². The number of methoxy groups -OCH3 is 1. The van der Waals surface area contributed by atoms with Gasteiger partial charge in [0.1, 0.15) is 10.5 Å². The lowest BCUT2D eigenvalue weighted by atomic mass is 10.1. The summed E-state index contributed by atoms with van der Waals surface area (Å²) in [5.74, 6) is 5.83. The van der Waals surface area contributed by atoms with Crippen molar-refractivity contribution in [1.29, 1.82) is 0 Å². The summed E-state index contributed by atoms with van der Waals surface area (Å²) >= 11 is 1.51. The largest absolute Gasteiger partial charge is 0.480 e. The maximum Gasteiger partial charge on any atom is 0.232 e. The highest BCUT2D eigenvalue weighted by Crippen LogP contribution is 2.39. The van der Waals surface area contributed by atoms with Gasteiger partial charge >= 0.3 is 0 Å². The van der Waals surface area contributed by atoms with Gasteiger partial charge in [-0.2, -0.15) is 4.98 Å². The van der Waals surface area contributed by atoms with E-state index in [4.69, 9.17) is 15.5 Å². The van der Waals surface area contributed by atoms with Crippen LogP contribution in [0.5, 0.6) is 5.88 Å². The van der Waals surface area contributed by atoms with Crippen LogP contribution in [0.25, 0.3) is 0 Å². The van der Waals surface area contributed by atoms with Crippen molar-refractivity contribution < 1.29 is 9.57 Å². The summed E-state index contributed by atoms with van der Waals surface area (Å²) in [6.07, 6.45) is 0. The second-order valence-corrected chi connectivity index (χ2v) is 4.83.